The van der Waals surface area contributed by atoms with Gasteiger partial charge in [-0.1, -0.05) is 24.6 Å². The van der Waals surface area contributed by atoms with Crippen LogP contribution in [-0.2, 0) is 11.3 Å². The van der Waals surface area contributed by atoms with Crippen LogP contribution in [0.5, 0.6) is 5.75 Å². The molecule has 0 aliphatic carbocycles. The zero-order valence-electron chi connectivity index (χ0n) is 11.2. The standard InChI is InChI=1S/C14H19ClN2O2/c1-9(11-6-16-7-11)14(18)17-8-10-3-4-12(15)5-13(10)19-2/h3-5,9,11,16H,6-8H2,1-2H3,(H,17,18). The molecule has 1 heterocycles. The van der Waals surface area contributed by atoms with Crippen LogP contribution in [0.2, 0.25) is 5.02 Å². The average molecular weight is 283 g/mol. The summed E-state index contributed by atoms with van der Waals surface area (Å²) in [6.45, 7) is 4.29. The molecule has 1 atom stereocenters. The van der Waals surface area contributed by atoms with Crippen LogP contribution in [0.4, 0.5) is 0 Å². The van der Waals surface area contributed by atoms with Crippen LogP contribution >= 0.6 is 11.6 Å². The molecule has 19 heavy (non-hydrogen) atoms. The SMILES string of the molecule is COc1cc(Cl)ccc1CNC(=O)C(C)C1CNC1. The topological polar surface area (TPSA) is 50.4 Å². The number of nitrogens with one attached hydrogen (secondary N) is 2. The smallest absolute Gasteiger partial charge is 0.223 e. The van der Waals surface area contributed by atoms with Gasteiger partial charge in [0.05, 0.1) is 7.11 Å². The van der Waals surface area contributed by atoms with Crippen LogP contribution in [0.3, 0.4) is 0 Å². The van der Waals surface area contributed by atoms with Gasteiger partial charge in [-0.25, -0.2) is 0 Å². The predicted molar refractivity (Wildman–Crippen MR) is 75.4 cm³/mol. The van der Waals surface area contributed by atoms with Crippen molar-refractivity contribution in [3.63, 3.8) is 0 Å². The first-order valence-electron chi connectivity index (χ1n) is 6.42. The number of benzene rings is 1. The van der Waals surface area contributed by atoms with Crippen LogP contribution in [0, 0.1) is 11.8 Å². The molecule has 1 unspecified atom stereocenters. The normalized spacial score (nSPS) is 16.6. The Bertz CT molecular complexity index is 461. The highest BCUT2D eigenvalue weighted by Gasteiger charge is 2.28. The lowest BCUT2D eigenvalue weighted by Crippen LogP contribution is -2.49. The molecule has 1 amide bonds. The molecule has 2 rings (SSSR count). The average Bonchev–Trinajstić information content (AvgIpc) is 2.34. The van der Waals surface area contributed by atoms with E-state index < -0.39 is 0 Å². The maximum atomic E-state index is 12.0. The number of hydrogen-bond acceptors (Lipinski definition) is 3. The summed E-state index contributed by atoms with van der Waals surface area (Å²) in [6.07, 6.45) is 0. The van der Waals surface area contributed by atoms with E-state index in [4.69, 9.17) is 16.3 Å². The minimum Gasteiger partial charge on any atom is -0.496 e. The van der Waals surface area contributed by atoms with Gasteiger partial charge in [0.2, 0.25) is 5.91 Å². The van der Waals surface area contributed by atoms with Crippen LogP contribution in [-0.4, -0.2) is 26.1 Å². The Morgan fingerprint density at radius 3 is 2.89 bits per heavy atom. The third-order valence-electron chi connectivity index (χ3n) is 3.64. The van der Waals surface area contributed by atoms with E-state index in [9.17, 15) is 4.79 Å². The quantitative estimate of drug-likeness (QED) is 0.866. The Hall–Kier alpha value is -1.26. The van der Waals surface area contributed by atoms with Crippen LogP contribution < -0.4 is 15.4 Å². The van der Waals surface area contributed by atoms with Gasteiger partial charge in [0, 0.05) is 23.0 Å². The van der Waals surface area contributed by atoms with E-state index in [0.29, 0.717) is 23.2 Å². The zero-order chi connectivity index (χ0) is 13.8. The molecule has 0 spiro atoms. The summed E-state index contributed by atoms with van der Waals surface area (Å²) in [7, 11) is 1.60. The van der Waals surface area contributed by atoms with Crippen LogP contribution in [0.15, 0.2) is 18.2 Å². The van der Waals surface area contributed by atoms with Crippen molar-refractivity contribution in [2.24, 2.45) is 11.8 Å². The fourth-order valence-electron chi connectivity index (χ4n) is 2.09. The molecule has 5 heteroatoms. The van der Waals surface area contributed by atoms with E-state index >= 15 is 0 Å². The van der Waals surface area contributed by atoms with Gasteiger partial charge in [0.15, 0.2) is 0 Å². The minimum absolute atomic E-state index is 0.0412. The molecular formula is C14H19ClN2O2. The van der Waals surface area contributed by atoms with E-state index in [1.165, 1.54) is 0 Å². The highest BCUT2D eigenvalue weighted by molar-refractivity contribution is 6.30. The monoisotopic (exact) mass is 282 g/mol. The highest BCUT2D eigenvalue weighted by atomic mass is 35.5. The van der Waals surface area contributed by atoms with Crippen molar-refractivity contribution >= 4 is 17.5 Å². The van der Waals surface area contributed by atoms with Crippen molar-refractivity contribution in [1.29, 1.82) is 0 Å². The van der Waals surface area contributed by atoms with Crippen molar-refractivity contribution in [2.45, 2.75) is 13.5 Å². The van der Waals surface area contributed by atoms with Crippen LogP contribution in [0.25, 0.3) is 0 Å². The third-order valence-corrected chi connectivity index (χ3v) is 3.87. The van der Waals surface area contributed by atoms with Gasteiger partial charge in [-0.15, -0.1) is 0 Å². The van der Waals surface area contributed by atoms with E-state index in [2.05, 4.69) is 10.6 Å². The molecule has 0 aromatic heterocycles. The van der Waals surface area contributed by atoms with Gasteiger partial charge in [-0.3, -0.25) is 4.79 Å². The number of carbonyl (C=O) groups is 1. The fourth-order valence-corrected chi connectivity index (χ4v) is 2.25. The van der Waals surface area contributed by atoms with Gasteiger partial charge in [0.25, 0.3) is 0 Å². The molecule has 1 aliphatic rings. The first-order valence-corrected chi connectivity index (χ1v) is 6.80. The molecule has 4 nitrogen and oxygen atoms in total. The summed E-state index contributed by atoms with van der Waals surface area (Å²) in [5, 5.41) is 6.76. The van der Waals surface area contributed by atoms with E-state index in [1.54, 1.807) is 19.2 Å². The number of halogens is 1. The molecule has 1 aromatic rings. The molecule has 104 valence electrons. The maximum absolute atomic E-state index is 12.0. The molecule has 1 aromatic carbocycles. The van der Waals surface area contributed by atoms with Gasteiger partial charge >= 0.3 is 0 Å². The molecule has 0 radical (unpaired) electrons. The summed E-state index contributed by atoms with van der Waals surface area (Å²) in [5.41, 5.74) is 0.930. The molecule has 2 N–H and O–H groups in total. The van der Waals surface area contributed by atoms with Gasteiger partial charge in [0.1, 0.15) is 5.75 Å². The van der Waals surface area contributed by atoms with Crippen LogP contribution in [0.1, 0.15) is 12.5 Å². The Morgan fingerprint density at radius 1 is 1.58 bits per heavy atom. The number of carbonyl (C=O) groups excluding carboxylic acids is 1. The van der Waals surface area contributed by atoms with Crippen molar-refractivity contribution in [3.05, 3.63) is 28.8 Å². The number of methoxy groups -OCH3 is 1. The molecule has 1 fully saturated rings. The number of ether oxygens (including phenoxy) is 1. The van der Waals surface area contributed by atoms with E-state index in [1.807, 2.05) is 13.0 Å². The Kier molecular flexibility index (Phi) is 4.66. The third kappa shape index (κ3) is 3.39. The first-order chi connectivity index (χ1) is 9.11. The molecule has 1 aliphatic heterocycles. The zero-order valence-corrected chi connectivity index (χ0v) is 12.0. The summed E-state index contributed by atoms with van der Waals surface area (Å²) >= 11 is 5.90. The number of amides is 1. The summed E-state index contributed by atoms with van der Waals surface area (Å²) in [6, 6.07) is 5.42. The van der Waals surface area contributed by atoms with Crippen molar-refractivity contribution in [2.75, 3.05) is 20.2 Å². The maximum Gasteiger partial charge on any atom is 0.223 e. The Morgan fingerprint density at radius 2 is 2.32 bits per heavy atom. The summed E-state index contributed by atoms with van der Waals surface area (Å²) in [5.74, 6) is 1.28. The van der Waals surface area contributed by atoms with Gasteiger partial charge in [-0.2, -0.15) is 0 Å². The Balaban J connectivity index is 1.92. The fraction of sp³-hybridized carbons (Fsp3) is 0.500. The second kappa shape index (κ2) is 6.26. The number of rotatable bonds is 5. The van der Waals surface area contributed by atoms with E-state index in [0.717, 1.165) is 18.7 Å². The summed E-state index contributed by atoms with van der Waals surface area (Å²) < 4.78 is 5.25. The summed E-state index contributed by atoms with van der Waals surface area (Å²) in [4.78, 5) is 12.0. The van der Waals surface area contributed by atoms with Gasteiger partial charge < -0.3 is 15.4 Å². The first kappa shape index (κ1) is 14.2. The lowest BCUT2D eigenvalue weighted by atomic mass is 9.88. The molecule has 0 saturated carbocycles. The van der Waals surface area contributed by atoms with Crippen molar-refractivity contribution < 1.29 is 9.53 Å². The minimum atomic E-state index is 0.0412. The van der Waals surface area contributed by atoms with Crippen molar-refractivity contribution in [3.8, 4) is 5.75 Å². The molecule has 1 saturated heterocycles. The lowest BCUT2D eigenvalue weighted by Gasteiger charge is -2.31. The second-order valence-electron chi connectivity index (χ2n) is 4.88. The Labute approximate surface area is 118 Å². The lowest BCUT2D eigenvalue weighted by molar-refractivity contribution is -0.126. The second-order valence-corrected chi connectivity index (χ2v) is 5.32. The number of hydrogen-bond donors (Lipinski definition) is 2. The molecular weight excluding hydrogens is 264 g/mol. The van der Waals surface area contributed by atoms with E-state index in [-0.39, 0.29) is 11.8 Å². The largest absolute Gasteiger partial charge is 0.496 e. The predicted octanol–water partition coefficient (Wildman–Crippen LogP) is 1.82. The van der Waals surface area contributed by atoms with Gasteiger partial charge in [-0.05, 0) is 31.1 Å². The molecule has 0 bridgehead atoms. The highest BCUT2D eigenvalue weighted by Crippen LogP contribution is 2.23. The van der Waals surface area contributed by atoms with Crippen molar-refractivity contribution in [1.82, 2.24) is 10.6 Å².